The monoisotopic (exact) mass is 272 g/mol. The lowest BCUT2D eigenvalue weighted by atomic mass is 10.2. The number of rotatable bonds is 2. The number of hydrogen-bond donors (Lipinski definition) is 1. The molecule has 2 aromatic carbocycles. The van der Waals surface area contributed by atoms with Gasteiger partial charge in [-0.05, 0) is 30.3 Å². The largest absolute Gasteiger partial charge is 0.359 e. The minimum Gasteiger partial charge on any atom is -0.359 e. The van der Waals surface area contributed by atoms with E-state index < -0.39 is 0 Å². The van der Waals surface area contributed by atoms with Crippen LogP contribution in [-0.4, -0.2) is 9.97 Å². The number of hydrogen-bond acceptors (Lipinski definition) is 3. The topological polar surface area (TPSA) is 53.4 Å². The number of pyridine rings is 1. The Kier molecular flexibility index (Phi) is 2.71. The third-order valence-corrected chi connectivity index (χ3v) is 3.43. The lowest BCUT2D eigenvalue weighted by Crippen LogP contribution is -1.75. The van der Waals surface area contributed by atoms with Gasteiger partial charge in [-0.1, -0.05) is 24.3 Å². The first-order valence-electron chi connectivity index (χ1n) is 6.73. The summed E-state index contributed by atoms with van der Waals surface area (Å²) >= 11 is 0. The van der Waals surface area contributed by atoms with Crippen molar-refractivity contribution >= 4 is 33.2 Å². The van der Waals surface area contributed by atoms with Crippen molar-refractivity contribution in [3.8, 4) is 0 Å². The average Bonchev–Trinajstić information content (AvgIpc) is 2.96. The Morgan fingerprint density at radius 2 is 1.86 bits per heavy atom. The molecule has 4 rings (SSSR count). The fourth-order valence-corrected chi connectivity index (χ4v) is 2.38. The molecule has 0 aliphatic rings. The Morgan fingerprint density at radius 1 is 0.905 bits per heavy atom. The maximum Gasteiger partial charge on any atom is 0.111 e. The lowest BCUT2D eigenvalue weighted by Gasteiger charge is -1.97. The molecule has 0 spiro atoms. The van der Waals surface area contributed by atoms with Crippen molar-refractivity contribution in [3.05, 3.63) is 67.0 Å². The highest BCUT2D eigenvalue weighted by Gasteiger charge is 2.01. The van der Waals surface area contributed by atoms with Crippen molar-refractivity contribution in [2.45, 2.75) is 0 Å². The van der Waals surface area contributed by atoms with Crippen LogP contribution in [0.2, 0.25) is 0 Å². The van der Waals surface area contributed by atoms with Gasteiger partial charge < -0.3 is 4.98 Å². The Labute approximate surface area is 121 Å². The van der Waals surface area contributed by atoms with E-state index in [2.05, 4.69) is 20.2 Å². The van der Waals surface area contributed by atoms with Crippen LogP contribution in [0.1, 0.15) is 0 Å². The van der Waals surface area contributed by atoms with Gasteiger partial charge in [0, 0.05) is 28.7 Å². The van der Waals surface area contributed by atoms with Crippen LogP contribution in [-0.2, 0) is 0 Å². The maximum atomic E-state index is 4.34. The van der Waals surface area contributed by atoms with Gasteiger partial charge in [-0.25, -0.2) is 0 Å². The van der Waals surface area contributed by atoms with Crippen LogP contribution < -0.4 is 0 Å². The van der Waals surface area contributed by atoms with E-state index in [1.165, 1.54) is 0 Å². The van der Waals surface area contributed by atoms with E-state index in [-0.39, 0.29) is 0 Å². The molecule has 0 saturated heterocycles. The maximum absolute atomic E-state index is 4.34. The van der Waals surface area contributed by atoms with Crippen molar-refractivity contribution in [1.29, 1.82) is 0 Å². The average molecular weight is 272 g/mol. The normalized spacial score (nSPS) is 11.6. The van der Waals surface area contributed by atoms with Crippen LogP contribution in [0.15, 0.2) is 77.2 Å². The highest BCUT2D eigenvalue weighted by Crippen LogP contribution is 2.28. The lowest BCUT2D eigenvalue weighted by molar-refractivity contribution is 1.24. The van der Waals surface area contributed by atoms with Crippen LogP contribution in [0, 0.1) is 0 Å². The Hall–Kier alpha value is -3.01. The van der Waals surface area contributed by atoms with E-state index >= 15 is 0 Å². The number of H-pyrrole nitrogens is 1. The molecule has 4 nitrogen and oxygen atoms in total. The summed E-state index contributed by atoms with van der Waals surface area (Å²) in [4.78, 5) is 7.49. The summed E-state index contributed by atoms with van der Waals surface area (Å²) in [6.45, 7) is 0. The van der Waals surface area contributed by atoms with Gasteiger partial charge in [-0.15, -0.1) is 5.11 Å². The highest BCUT2D eigenvalue weighted by atomic mass is 15.1. The van der Waals surface area contributed by atoms with Gasteiger partial charge in [0.15, 0.2) is 0 Å². The van der Waals surface area contributed by atoms with E-state index in [9.17, 15) is 0 Å². The molecule has 0 bridgehead atoms. The summed E-state index contributed by atoms with van der Waals surface area (Å²) in [5.41, 5.74) is 3.69. The highest BCUT2D eigenvalue weighted by molar-refractivity contribution is 5.90. The molecular weight excluding hydrogens is 260 g/mol. The van der Waals surface area contributed by atoms with Gasteiger partial charge in [0.05, 0.1) is 11.2 Å². The smallest absolute Gasteiger partial charge is 0.111 e. The quantitative estimate of drug-likeness (QED) is 0.505. The third kappa shape index (κ3) is 2.17. The molecule has 21 heavy (non-hydrogen) atoms. The predicted octanol–water partition coefficient (Wildman–Crippen LogP) is 5.13. The molecule has 4 heteroatoms. The van der Waals surface area contributed by atoms with E-state index in [1.807, 2.05) is 60.8 Å². The van der Waals surface area contributed by atoms with Crippen LogP contribution >= 0.6 is 0 Å². The molecule has 2 aromatic heterocycles. The first-order valence-corrected chi connectivity index (χ1v) is 6.73. The minimum atomic E-state index is 0.820. The summed E-state index contributed by atoms with van der Waals surface area (Å²) < 4.78 is 0. The standard InChI is InChI=1S/C17H12N4/c1-2-6-16-14(5-1)17(11-19-16)21-20-13-7-8-15-12(10-13)4-3-9-18-15/h1-11,19H. The Morgan fingerprint density at radius 3 is 2.86 bits per heavy atom. The van der Waals surface area contributed by atoms with Gasteiger partial charge >= 0.3 is 0 Å². The second-order valence-corrected chi connectivity index (χ2v) is 4.80. The molecule has 0 atom stereocenters. The van der Waals surface area contributed by atoms with Gasteiger partial charge in [0.1, 0.15) is 5.69 Å². The molecule has 100 valence electrons. The van der Waals surface area contributed by atoms with E-state index in [1.54, 1.807) is 6.20 Å². The molecule has 0 radical (unpaired) electrons. The fourth-order valence-electron chi connectivity index (χ4n) is 2.38. The Bertz CT molecular complexity index is 953. The van der Waals surface area contributed by atoms with Crippen molar-refractivity contribution in [2.75, 3.05) is 0 Å². The van der Waals surface area contributed by atoms with Gasteiger partial charge in [-0.3, -0.25) is 4.98 Å². The second-order valence-electron chi connectivity index (χ2n) is 4.80. The zero-order valence-electron chi connectivity index (χ0n) is 11.2. The number of benzene rings is 2. The van der Waals surface area contributed by atoms with Gasteiger partial charge in [0.2, 0.25) is 0 Å². The van der Waals surface area contributed by atoms with Crippen molar-refractivity contribution in [2.24, 2.45) is 10.2 Å². The van der Waals surface area contributed by atoms with E-state index in [0.29, 0.717) is 0 Å². The number of azo groups is 1. The van der Waals surface area contributed by atoms with Crippen molar-refractivity contribution in [1.82, 2.24) is 9.97 Å². The van der Waals surface area contributed by atoms with Crippen molar-refractivity contribution in [3.63, 3.8) is 0 Å². The van der Waals surface area contributed by atoms with Gasteiger partial charge in [-0.2, -0.15) is 5.11 Å². The molecular formula is C17H12N4. The SMILES string of the molecule is c1cnc2ccc(N=Nc3c[nH]c4ccccc34)cc2c1. The molecule has 0 fully saturated rings. The first kappa shape index (κ1) is 11.8. The van der Waals surface area contributed by atoms with Crippen LogP contribution in [0.25, 0.3) is 21.8 Å². The summed E-state index contributed by atoms with van der Waals surface area (Å²) in [6, 6.07) is 17.9. The Balaban J connectivity index is 1.73. The van der Waals surface area contributed by atoms with Crippen molar-refractivity contribution < 1.29 is 0 Å². The van der Waals surface area contributed by atoms with Crippen LogP contribution in [0.4, 0.5) is 11.4 Å². The number of aromatic amines is 1. The molecule has 1 N–H and O–H groups in total. The second kappa shape index (κ2) is 4.83. The summed E-state index contributed by atoms with van der Waals surface area (Å²) in [7, 11) is 0. The summed E-state index contributed by atoms with van der Waals surface area (Å²) in [6.07, 6.45) is 3.66. The number of nitrogens with one attached hydrogen (secondary N) is 1. The molecule has 4 aromatic rings. The van der Waals surface area contributed by atoms with Crippen LogP contribution in [0.5, 0.6) is 0 Å². The molecule has 0 saturated carbocycles. The zero-order chi connectivity index (χ0) is 14.1. The zero-order valence-corrected chi connectivity index (χ0v) is 11.2. The minimum absolute atomic E-state index is 0.820. The number of aromatic nitrogens is 2. The fraction of sp³-hybridized carbons (Fsp3) is 0. The number of fused-ring (bicyclic) bond motifs is 2. The molecule has 0 amide bonds. The molecule has 0 unspecified atom stereocenters. The molecule has 2 heterocycles. The number of nitrogens with zero attached hydrogens (tertiary/aromatic N) is 3. The first-order chi connectivity index (χ1) is 10.4. The predicted molar refractivity (Wildman–Crippen MR) is 84.2 cm³/mol. The molecule has 0 aliphatic heterocycles. The summed E-state index contributed by atoms with van der Waals surface area (Å²) in [5, 5.41) is 10.8. The number of para-hydroxylation sites is 1. The third-order valence-electron chi connectivity index (χ3n) is 3.43. The van der Waals surface area contributed by atoms with E-state index in [4.69, 9.17) is 0 Å². The van der Waals surface area contributed by atoms with E-state index in [0.717, 1.165) is 33.2 Å². The molecule has 0 aliphatic carbocycles. The summed E-state index contributed by atoms with van der Waals surface area (Å²) in [5.74, 6) is 0. The van der Waals surface area contributed by atoms with Gasteiger partial charge in [0.25, 0.3) is 0 Å². The van der Waals surface area contributed by atoms with Crippen LogP contribution in [0.3, 0.4) is 0 Å².